The molecule has 1 atom stereocenters. The largest absolute Gasteiger partial charge is 0.348 e. The first-order chi connectivity index (χ1) is 9.13. The lowest BCUT2D eigenvalue weighted by Gasteiger charge is -2.11. The molecule has 0 spiro atoms. The first-order valence-corrected chi connectivity index (χ1v) is 7.54. The lowest BCUT2D eigenvalue weighted by Crippen LogP contribution is -2.33. The van der Waals surface area contributed by atoms with E-state index in [-0.39, 0.29) is 11.9 Å². The maximum atomic E-state index is 12.2. The summed E-state index contributed by atoms with van der Waals surface area (Å²) in [6, 6.07) is 7.93. The van der Waals surface area contributed by atoms with Gasteiger partial charge in [0.2, 0.25) is 0 Å². The summed E-state index contributed by atoms with van der Waals surface area (Å²) in [6.45, 7) is 2.02. The number of alkyl halides is 1. The van der Waals surface area contributed by atoms with Crippen LogP contribution in [0.1, 0.15) is 30.3 Å². The minimum atomic E-state index is -0.0983. The van der Waals surface area contributed by atoms with Crippen LogP contribution in [-0.4, -0.2) is 27.1 Å². The average Bonchev–Trinajstić information content (AvgIpc) is 2.74. The standard InChI is InChI=1S/C14H18BrN3O/c1-10(6-5-9-15)16-14(19)13-11-7-3-4-8-12(11)18(2)17-13/h3-4,7-8,10H,5-6,9H2,1-2H3,(H,16,19). The molecule has 0 fully saturated rings. The van der Waals surface area contributed by atoms with Crippen molar-refractivity contribution in [3.63, 3.8) is 0 Å². The Labute approximate surface area is 121 Å². The van der Waals surface area contributed by atoms with E-state index in [0.29, 0.717) is 5.69 Å². The summed E-state index contributed by atoms with van der Waals surface area (Å²) >= 11 is 3.40. The van der Waals surface area contributed by atoms with Gasteiger partial charge in [0.05, 0.1) is 5.52 Å². The smallest absolute Gasteiger partial charge is 0.272 e. The summed E-state index contributed by atoms with van der Waals surface area (Å²) in [5.41, 5.74) is 1.48. The van der Waals surface area contributed by atoms with Crippen LogP contribution < -0.4 is 5.32 Å². The third kappa shape index (κ3) is 3.15. The van der Waals surface area contributed by atoms with Crippen LogP contribution in [0.25, 0.3) is 10.9 Å². The molecule has 0 radical (unpaired) electrons. The zero-order valence-corrected chi connectivity index (χ0v) is 12.8. The van der Waals surface area contributed by atoms with E-state index in [2.05, 4.69) is 26.3 Å². The van der Waals surface area contributed by atoms with Crippen molar-refractivity contribution in [2.24, 2.45) is 7.05 Å². The SMILES string of the molecule is CC(CCCBr)NC(=O)c1nn(C)c2ccccc12. The lowest BCUT2D eigenvalue weighted by atomic mass is 10.1. The molecule has 102 valence electrons. The van der Waals surface area contributed by atoms with Crippen molar-refractivity contribution in [2.45, 2.75) is 25.8 Å². The predicted molar refractivity (Wildman–Crippen MR) is 80.7 cm³/mol. The molecule has 1 N–H and O–H groups in total. The normalized spacial score (nSPS) is 12.6. The van der Waals surface area contributed by atoms with Crippen LogP contribution in [-0.2, 0) is 7.05 Å². The Balaban J connectivity index is 2.18. The Morgan fingerprint density at radius 1 is 1.47 bits per heavy atom. The molecule has 1 amide bonds. The van der Waals surface area contributed by atoms with Crippen LogP contribution in [0.4, 0.5) is 0 Å². The highest BCUT2D eigenvalue weighted by molar-refractivity contribution is 9.09. The Morgan fingerprint density at radius 2 is 2.21 bits per heavy atom. The van der Waals surface area contributed by atoms with Crippen molar-refractivity contribution in [1.29, 1.82) is 0 Å². The molecule has 2 aromatic rings. The van der Waals surface area contributed by atoms with Crippen molar-refractivity contribution in [2.75, 3.05) is 5.33 Å². The van der Waals surface area contributed by atoms with Crippen molar-refractivity contribution >= 4 is 32.7 Å². The molecule has 0 bridgehead atoms. The molecule has 0 aliphatic carbocycles. The average molecular weight is 324 g/mol. The third-order valence-corrected chi connectivity index (χ3v) is 3.68. The quantitative estimate of drug-likeness (QED) is 0.860. The van der Waals surface area contributed by atoms with Crippen LogP contribution in [0.2, 0.25) is 0 Å². The van der Waals surface area contributed by atoms with Crippen molar-refractivity contribution < 1.29 is 4.79 Å². The van der Waals surface area contributed by atoms with Gasteiger partial charge >= 0.3 is 0 Å². The van der Waals surface area contributed by atoms with E-state index in [1.165, 1.54) is 0 Å². The van der Waals surface area contributed by atoms with E-state index in [1.807, 2.05) is 38.2 Å². The van der Waals surface area contributed by atoms with Gasteiger partial charge in [0.15, 0.2) is 5.69 Å². The Morgan fingerprint density at radius 3 is 2.95 bits per heavy atom. The number of halogens is 1. The second-order valence-electron chi connectivity index (χ2n) is 4.70. The summed E-state index contributed by atoms with van der Waals surface area (Å²) in [7, 11) is 1.85. The summed E-state index contributed by atoms with van der Waals surface area (Å²) in [5.74, 6) is -0.0983. The summed E-state index contributed by atoms with van der Waals surface area (Å²) in [4.78, 5) is 12.2. The van der Waals surface area contributed by atoms with Crippen LogP contribution in [0.5, 0.6) is 0 Å². The highest BCUT2D eigenvalue weighted by Gasteiger charge is 2.17. The second-order valence-corrected chi connectivity index (χ2v) is 5.49. The van der Waals surface area contributed by atoms with Crippen LogP contribution in [0.15, 0.2) is 24.3 Å². The fraction of sp³-hybridized carbons (Fsp3) is 0.429. The number of benzene rings is 1. The van der Waals surface area contributed by atoms with Crippen molar-refractivity contribution in [1.82, 2.24) is 15.1 Å². The molecule has 1 aromatic heterocycles. The van der Waals surface area contributed by atoms with Crippen LogP contribution in [0.3, 0.4) is 0 Å². The highest BCUT2D eigenvalue weighted by Crippen LogP contribution is 2.17. The molecular formula is C14H18BrN3O. The van der Waals surface area contributed by atoms with E-state index >= 15 is 0 Å². The molecule has 4 nitrogen and oxygen atoms in total. The van der Waals surface area contributed by atoms with Gasteiger partial charge in [-0.05, 0) is 25.8 Å². The summed E-state index contributed by atoms with van der Waals surface area (Å²) in [6.07, 6.45) is 2.01. The molecule has 5 heteroatoms. The first-order valence-electron chi connectivity index (χ1n) is 6.42. The zero-order chi connectivity index (χ0) is 13.8. The van der Waals surface area contributed by atoms with Gasteiger partial charge in [0.25, 0.3) is 5.91 Å². The zero-order valence-electron chi connectivity index (χ0n) is 11.2. The van der Waals surface area contributed by atoms with Crippen LogP contribution in [0, 0.1) is 0 Å². The molecule has 1 unspecified atom stereocenters. The molecule has 19 heavy (non-hydrogen) atoms. The molecule has 0 aliphatic heterocycles. The lowest BCUT2D eigenvalue weighted by molar-refractivity contribution is 0.0934. The summed E-state index contributed by atoms with van der Waals surface area (Å²) < 4.78 is 1.74. The summed E-state index contributed by atoms with van der Waals surface area (Å²) in [5, 5.41) is 9.18. The molecule has 0 aliphatic rings. The number of para-hydroxylation sites is 1. The van der Waals surface area contributed by atoms with Gasteiger partial charge in [0.1, 0.15) is 0 Å². The number of carbonyl (C=O) groups excluding carboxylic acids is 1. The molecule has 2 rings (SSSR count). The second kappa shape index (κ2) is 6.19. The molecule has 0 saturated heterocycles. The van der Waals surface area contributed by atoms with Crippen molar-refractivity contribution in [3.8, 4) is 0 Å². The molecular weight excluding hydrogens is 306 g/mol. The van der Waals surface area contributed by atoms with Gasteiger partial charge < -0.3 is 5.32 Å². The number of nitrogens with zero attached hydrogens (tertiary/aromatic N) is 2. The fourth-order valence-corrected chi connectivity index (χ4v) is 2.45. The number of nitrogens with one attached hydrogen (secondary N) is 1. The first kappa shape index (κ1) is 14.1. The number of amides is 1. The number of hydrogen-bond donors (Lipinski definition) is 1. The third-order valence-electron chi connectivity index (χ3n) is 3.12. The van der Waals surface area contributed by atoms with Gasteiger partial charge in [-0.2, -0.15) is 5.10 Å². The van der Waals surface area contributed by atoms with Gasteiger partial charge in [-0.3, -0.25) is 9.48 Å². The van der Waals surface area contributed by atoms with Gasteiger partial charge in [-0.15, -0.1) is 0 Å². The van der Waals surface area contributed by atoms with E-state index in [4.69, 9.17) is 0 Å². The van der Waals surface area contributed by atoms with Gasteiger partial charge in [0, 0.05) is 23.8 Å². The molecule has 0 saturated carbocycles. The minimum absolute atomic E-state index is 0.0983. The topological polar surface area (TPSA) is 46.9 Å². The van der Waals surface area contributed by atoms with Crippen molar-refractivity contribution in [3.05, 3.63) is 30.0 Å². The minimum Gasteiger partial charge on any atom is -0.348 e. The van der Waals surface area contributed by atoms with Crippen LogP contribution >= 0.6 is 15.9 Å². The van der Waals surface area contributed by atoms with E-state index in [9.17, 15) is 4.79 Å². The monoisotopic (exact) mass is 323 g/mol. The number of carbonyl (C=O) groups is 1. The molecule has 1 aromatic carbocycles. The van der Waals surface area contributed by atoms with Gasteiger partial charge in [-0.25, -0.2) is 0 Å². The van der Waals surface area contributed by atoms with E-state index in [0.717, 1.165) is 29.1 Å². The number of aromatic nitrogens is 2. The Kier molecular flexibility index (Phi) is 4.58. The Hall–Kier alpha value is -1.36. The maximum absolute atomic E-state index is 12.2. The highest BCUT2D eigenvalue weighted by atomic mass is 79.9. The number of fused-ring (bicyclic) bond motifs is 1. The molecule has 1 heterocycles. The Bertz CT molecular complexity index is 579. The number of rotatable bonds is 5. The van der Waals surface area contributed by atoms with E-state index < -0.39 is 0 Å². The van der Waals surface area contributed by atoms with Gasteiger partial charge in [-0.1, -0.05) is 34.1 Å². The predicted octanol–water partition coefficient (Wildman–Crippen LogP) is 2.87. The number of hydrogen-bond acceptors (Lipinski definition) is 2. The number of aryl methyl sites for hydroxylation is 1. The fourth-order valence-electron chi connectivity index (χ4n) is 2.13. The van der Waals surface area contributed by atoms with E-state index in [1.54, 1.807) is 4.68 Å². The maximum Gasteiger partial charge on any atom is 0.272 e.